The molecule has 0 amide bonds. The fourth-order valence-electron chi connectivity index (χ4n) is 17.9. The molecule has 0 heterocycles. The molecule has 0 unspecified atom stereocenters. The van der Waals surface area contributed by atoms with Crippen LogP contribution >= 0.6 is 0 Å². The molecule has 8 aliphatic rings. The van der Waals surface area contributed by atoms with Gasteiger partial charge in [0.1, 0.15) is 0 Å². The summed E-state index contributed by atoms with van der Waals surface area (Å²) < 4.78 is 0. The van der Waals surface area contributed by atoms with E-state index in [0.29, 0.717) is 0 Å². The molecule has 428 valence electrons. The van der Waals surface area contributed by atoms with Gasteiger partial charge in [0.25, 0.3) is 0 Å². The van der Waals surface area contributed by atoms with Gasteiger partial charge >= 0.3 is 0 Å². The molecule has 15 aromatic carbocycles. The van der Waals surface area contributed by atoms with Crippen molar-refractivity contribution >= 4 is 37.9 Å². The second kappa shape index (κ2) is 19.7. The van der Waals surface area contributed by atoms with Crippen LogP contribution in [-0.4, -0.2) is 0 Å². The molecule has 0 aliphatic heterocycles. The Morgan fingerprint density at radius 1 is 0.174 bits per heavy atom. The third kappa shape index (κ3) is 7.29. The zero-order valence-corrected chi connectivity index (χ0v) is 51.4. The van der Waals surface area contributed by atoms with E-state index < -0.39 is 0 Å². The molecule has 0 bridgehead atoms. The number of fused-ring (bicyclic) bond motifs is 14. The van der Waals surface area contributed by atoms with Gasteiger partial charge in [0.05, 0.1) is 0 Å². The van der Waals surface area contributed by atoms with Gasteiger partial charge in [-0.25, -0.2) is 0 Å². The van der Waals surface area contributed by atoms with Gasteiger partial charge in [-0.1, -0.05) is 285 Å². The Hall–Kier alpha value is -11.2. The van der Waals surface area contributed by atoms with E-state index in [1.54, 1.807) is 0 Å². The van der Waals surface area contributed by atoms with Crippen molar-refractivity contribution in [3.05, 3.63) is 340 Å². The maximum absolute atomic E-state index is 2.32. The third-order valence-electron chi connectivity index (χ3n) is 21.6. The first-order valence-electron chi connectivity index (χ1n) is 32.8. The van der Waals surface area contributed by atoms with Gasteiger partial charge in [-0.05, 0) is 255 Å². The number of rotatable bonds is 0. The summed E-state index contributed by atoms with van der Waals surface area (Å²) in [5.41, 5.74) is 48.3. The van der Waals surface area contributed by atoms with E-state index in [1.807, 2.05) is 0 Å². The van der Waals surface area contributed by atoms with Crippen LogP contribution in [0, 0.1) is 6.92 Å². The predicted molar refractivity (Wildman–Crippen MR) is 387 cm³/mol. The summed E-state index contributed by atoms with van der Waals surface area (Å²) in [5, 5.41) is 8.34. The highest BCUT2D eigenvalue weighted by Gasteiger charge is 2.34. The minimum absolute atomic E-state index is 1.06. The molecule has 0 fully saturated rings. The molecule has 0 aromatic heterocycles. The summed E-state index contributed by atoms with van der Waals surface area (Å²) in [7, 11) is 0. The Balaban J connectivity index is 0.0000000850. The molecule has 0 saturated carbocycles. The average Bonchev–Trinajstić information content (AvgIpc) is 1.59. The number of aryl methyl sites for hydroxylation is 1. The maximum atomic E-state index is 2.32. The van der Waals surface area contributed by atoms with E-state index in [1.165, 1.54) is 221 Å². The number of benzene rings is 15. The van der Waals surface area contributed by atoms with Crippen molar-refractivity contribution in [3.8, 4) is 122 Å². The zero-order chi connectivity index (χ0) is 60.4. The van der Waals surface area contributed by atoms with Gasteiger partial charge in [-0.2, -0.15) is 0 Å². The van der Waals surface area contributed by atoms with Crippen LogP contribution in [0.1, 0.15) is 62.6 Å². The number of hydrogen-bond donors (Lipinski definition) is 0. The van der Waals surface area contributed by atoms with E-state index in [2.05, 4.69) is 293 Å². The van der Waals surface area contributed by atoms with Gasteiger partial charge in [0.2, 0.25) is 0 Å². The zero-order valence-electron chi connectivity index (χ0n) is 51.4. The Morgan fingerprint density at radius 3 is 0.772 bits per heavy atom. The smallest absolute Gasteiger partial charge is 0.00130 e. The Bertz CT molecular complexity index is 5380. The largest absolute Gasteiger partial charge is 0.0616 e. The van der Waals surface area contributed by atoms with Crippen molar-refractivity contribution in [3.63, 3.8) is 0 Å². The van der Waals surface area contributed by atoms with Crippen LogP contribution in [0.5, 0.6) is 0 Å². The summed E-state index contributed by atoms with van der Waals surface area (Å²) in [6.45, 7) is 4.54. The van der Waals surface area contributed by atoms with Crippen LogP contribution in [-0.2, 0) is 25.7 Å². The predicted octanol–water partition coefficient (Wildman–Crippen LogP) is 24.2. The number of allylic oxidation sites excluding steroid dienone is 1. The SMILES string of the molecule is CC1=C2c3c(C)cccc3-c3ccccc3-c3cccc(c32)C1.c1ccc2c(c1)-c1cccc3c1-c1c(ccc4cccc-2c14)C3.c1ccc2c(c1)-c1cccc3c1-c1c(ccc4cccc-2c14)C3.c1ccc2c(c1)-c1cccc3c1-c1c(ccc4cccc-2c14)C3. The summed E-state index contributed by atoms with van der Waals surface area (Å²) in [5.74, 6) is 0. The van der Waals surface area contributed by atoms with Crippen molar-refractivity contribution in [2.24, 2.45) is 0 Å². The molecule has 0 N–H and O–H groups in total. The van der Waals surface area contributed by atoms with E-state index in [4.69, 9.17) is 0 Å². The van der Waals surface area contributed by atoms with Crippen LogP contribution in [0.3, 0.4) is 0 Å². The summed E-state index contributed by atoms with van der Waals surface area (Å²) in [6, 6.07) is 103. The van der Waals surface area contributed by atoms with Gasteiger partial charge < -0.3 is 0 Å². The molecule has 23 rings (SSSR count). The van der Waals surface area contributed by atoms with Gasteiger partial charge in [-0.15, -0.1) is 0 Å². The topological polar surface area (TPSA) is 0 Å². The lowest BCUT2D eigenvalue weighted by Gasteiger charge is -2.14. The van der Waals surface area contributed by atoms with Crippen LogP contribution in [0.25, 0.3) is 160 Å². The first kappa shape index (κ1) is 51.7. The summed E-state index contributed by atoms with van der Waals surface area (Å²) >= 11 is 0. The maximum Gasteiger partial charge on any atom is -0.00130 e. The first-order valence-corrected chi connectivity index (χ1v) is 32.8. The van der Waals surface area contributed by atoms with Crippen molar-refractivity contribution in [1.82, 2.24) is 0 Å². The Kier molecular flexibility index (Phi) is 11.0. The van der Waals surface area contributed by atoms with Crippen molar-refractivity contribution in [1.29, 1.82) is 0 Å². The molecule has 0 spiro atoms. The molecule has 15 aromatic rings. The van der Waals surface area contributed by atoms with E-state index in [0.717, 1.165) is 25.7 Å². The van der Waals surface area contributed by atoms with E-state index >= 15 is 0 Å². The lowest BCUT2D eigenvalue weighted by Crippen LogP contribution is -1.93. The molecule has 8 aliphatic carbocycles. The minimum Gasteiger partial charge on any atom is -0.0616 e. The van der Waals surface area contributed by atoms with Crippen molar-refractivity contribution in [2.75, 3.05) is 0 Å². The van der Waals surface area contributed by atoms with Gasteiger partial charge in [0, 0.05) is 0 Å². The minimum atomic E-state index is 1.06. The van der Waals surface area contributed by atoms with Crippen LogP contribution in [0.2, 0.25) is 0 Å². The Morgan fingerprint density at radius 2 is 0.424 bits per heavy atom. The fourth-order valence-corrected chi connectivity index (χ4v) is 17.9. The standard InChI is InChI=1S/3C23H14.C23H18/c3*1-2-8-18-17(7-1)19-9-3-5-14-11-12-16-13-15-6-4-10-20(18)22(15)23(16)21(14)19;1-14-7-5-11-19-17-9-3-4-10-18(17)20-12-6-8-16-13-15(2)22(21(14)19)23(16)20/h3*1-12H,13H2;3-12H,13H2,1-2H3. The quantitative estimate of drug-likeness (QED) is 0.142. The average molecular weight is 1170 g/mol. The summed E-state index contributed by atoms with van der Waals surface area (Å²) in [6.07, 6.45) is 4.26. The second-order valence-corrected chi connectivity index (χ2v) is 26.4. The highest BCUT2D eigenvalue weighted by Crippen LogP contribution is 2.58. The normalized spacial score (nSPS) is 13.3. The molecule has 0 heteroatoms. The van der Waals surface area contributed by atoms with E-state index in [-0.39, 0.29) is 0 Å². The second-order valence-electron chi connectivity index (χ2n) is 26.4. The van der Waals surface area contributed by atoms with Gasteiger partial charge in [-0.3, -0.25) is 0 Å². The first-order chi connectivity index (χ1) is 45.5. The highest BCUT2D eigenvalue weighted by molar-refractivity contribution is 6.19. The molecule has 0 saturated heterocycles. The molecule has 0 radical (unpaired) electrons. The third-order valence-corrected chi connectivity index (χ3v) is 21.6. The summed E-state index contributed by atoms with van der Waals surface area (Å²) in [4.78, 5) is 0. The Labute approximate surface area is 536 Å². The fraction of sp³-hybridized carbons (Fsp3) is 0.0652. The van der Waals surface area contributed by atoms with Crippen molar-refractivity contribution < 1.29 is 0 Å². The molecular weight excluding hydrogens is 1110 g/mol. The molecular formula is C92H60. The molecule has 0 nitrogen and oxygen atoms in total. The molecule has 0 atom stereocenters. The van der Waals surface area contributed by atoms with E-state index in [9.17, 15) is 0 Å². The van der Waals surface area contributed by atoms with Crippen LogP contribution in [0.15, 0.2) is 285 Å². The van der Waals surface area contributed by atoms with Crippen molar-refractivity contribution in [2.45, 2.75) is 39.5 Å². The van der Waals surface area contributed by atoms with Crippen LogP contribution < -0.4 is 0 Å². The number of hydrogen-bond acceptors (Lipinski definition) is 0. The lowest BCUT2D eigenvalue weighted by atomic mass is 9.89. The molecule has 92 heavy (non-hydrogen) atoms. The van der Waals surface area contributed by atoms with Gasteiger partial charge in [0.15, 0.2) is 0 Å². The highest BCUT2D eigenvalue weighted by atomic mass is 14.4. The monoisotopic (exact) mass is 1160 g/mol. The van der Waals surface area contributed by atoms with Crippen LogP contribution in [0.4, 0.5) is 0 Å². The lowest BCUT2D eigenvalue weighted by molar-refractivity contribution is 1.19.